The fourth-order valence-electron chi connectivity index (χ4n) is 1.92. The minimum absolute atomic E-state index is 0.148. The molecule has 1 aromatic carbocycles. The molecule has 1 heterocycles. The molecule has 1 N–H and O–H groups in total. The smallest absolute Gasteiger partial charge is 0.163 e. The van der Waals surface area contributed by atoms with Gasteiger partial charge in [0.1, 0.15) is 13.2 Å². The van der Waals surface area contributed by atoms with Gasteiger partial charge in [0, 0.05) is 24.1 Å². The fourth-order valence-corrected chi connectivity index (χ4v) is 3.16. The van der Waals surface area contributed by atoms with Gasteiger partial charge in [-0.05, 0) is 18.6 Å². The Morgan fingerprint density at radius 3 is 2.63 bits per heavy atom. The van der Waals surface area contributed by atoms with E-state index in [1.54, 1.807) is 0 Å². The lowest BCUT2D eigenvalue weighted by Gasteiger charge is -2.19. The molecule has 0 unspecified atom stereocenters. The van der Waals surface area contributed by atoms with Crippen molar-refractivity contribution in [3.63, 3.8) is 0 Å². The van der Waals surface area contributed by atoms with Crippen molar-refractivity contribution in [2.75, 3.05) is 36.6 Å². The Morgan fingerprint density at radius 1 is 1.16 bits per heavy atom. The molecule has 0 aromatic heterocycles. The Balaban J connectivity index is 1.90. The Morgan fingerprint density at radius 2 is 1.89 bits per heavy atom. The number of fused-ring (bicyclic) bond motifs is 1. The first-order valence-electron chi connectivity index (χ1n) is 6.44. The number of anilines is 1. The molecule has 106 valence electrons. The molecule has 1 aromatic rings. The zero-order valence-electron chi connectivity index (χ0n) is 11.0. The average molecular weight is 285 g/mol. The van der Waals surface area contributed by atoms with E-state index >= 15 is 0 Å². The summed E-state index contributed by atoms with van der Waals surface area (Å²) in [5.41, 5.74) is 0.843. The molecule has 0 bridgehead atoms. The van der Waals surface area contributed by atoms with E-state index in [1.165, 1.54) is 0 Å². The topological polar surface area (TPSA) is 64.6 Å². The lowest BCUT2D eigenvalue weighted by atomic mass is 10.2. The molecule has 0 aliphatic carbocycles. The fraction of sp³-hybridized carbons (Fsp3) is 0.538. The lowest BCUT2D eigenvalue weighted by molar-refractivity contribution is 0.171. The van der Waals surface area contributed by atoms with Crippen molar-refractivity contribution in [3.05, 3.63) is 18.2 Å². The predicted molar refractivity (Wildman–Crippen MR) is 74.9 cm³/mol. The maximum Gasteiger partial charge on any atom is 0.163 e. The predicted octanol–water partition coefficient (Wildman–Crippen LogP) is 1.69. The molecular formula is C13H19NO4S. The van der Waals surface area contributed by atoms with Crippen molar-refractivity contribution in [2.45, 2.75) is 13.3 Å². The van der Waals surface area contributed by atoms with Gasteiger partial charge in [0.15, 0.2) is 21.3 Å². The number of nitrogens with one attached hydrogen (secondary N) is 1. The molecule has 0 fully saturated rings. The van der Waals surface area contributed by atoms with Gasteiger partial charge in [-0.1, -0.05) is 6.92 Å². The number of hydrogen-bond acceptors (Lipinski definition) is 5. The normalized spacial score (nSPS) is 14.2. The van der Waals surface area contributed by atoms with E-state index in [4.69, 9.17) is 9.47 Å². The maximum absolute atomic E-state index is 11.6. The molecule has 0 atom stereocenters. The number of sulfone groups is 1. The van der Waals surface area contributed by atoms with E-state index in [0.717, 1.165) is 11.4 Å². The van der Waals surface area contributed by atoms with Crippen LogP contribution in [0.4, 0.5) is 5.69 Å². The van der Waals surface area contributed by atoms with Gasteiger partial charge < -0.3 is 14.8 Å². The van der Waals surface area contributed by atoms with Gasteiger partial charge in [-0.15, -0.1) is 0 Å². The summed E-state index contributed by atoms with van der Waals surface area (Å²) in [5, 5.41) is 3.09. The van der Waals surface area contributed by atoms with E-state index in [9.17, 15) is 8.42 Å². The highest BCUT2D eigenvalue weighted by Gasteiger charge is 2.12. The minimum Gasteiger partial charge on any atom is -0.486 e. The summed E-state index contributed by atoms with van der Waals surface area (Å²) in [4.78, 5) is 0. The molecule has 1 aliphatic heterocycles. The summed E-state index contributed by atoms with van der Waals surface area (Å²) in [6.07, 6.45) is 0.659. The highest BCUT2D eigenvalue weighted by molar-refractivity contribution is 7.91. The number of ether oxygens (including phenoxy) is 2. The number of hydrogen-bond donors (Lipinski definition) is 1. The van der Waals surface area contributed by atoms with Crippen LogP contribution in [0.5, 0.6) is 11.5 Å². The quantitative estimate of drug-likeness (QED) is 0.861. The molecule has 0 amide bonds. The van der Waals surface area contributed by atoms with Crippen LogP contribution in [-0.4, -0.2) is 39.7 Å². The standard InChI is InChI=1S/C13H19NO4S/c1-2-8-19(15,16)9-5-14-11-3-4-12-13(10-11)18-7-6-17-12/h3-4,10,14H,2,5-9H2,1H3. The van der Waals surface area contributed by atoms with Gasteiger partial charge in [0.25, 0.3) is 0 Å². The summed E-state index contributed by atoms with van der Waals surface area (Å²) < 4.78 is 34.0. The highest BCUT2D eigenvalue weighted by atomic mass is 32.2. The minimum atomic E-state index is -2.94. The zero-order chi connectivity index (χ0) is 13.7. The van der Waals surface area contributed by atoms with E-state index in [-0.39, 0.29) is 11.5 Å². The van der Waals surface area contributed by atoms with E-state index in [0.29, 0.717) is 31.9 Å². The van der Waals surface area contributed by atoms with Crippen LogP contribution in [-0.2, 0) is 9.84 Å². The molecule has 1 aliphatic rings. The van der Waals surface area contributed by atoms with Crippen LogP contribution in [0.15, 0.2) is 18.2 Å². The first kappa shape index (κ1) is 14.0. The molecule has 0 radical (unpaired) electrons. The van der Waals surface area contributed by atoms with Gasteiger partial charge in [-0.3, -0.25) is 0 Å². The Hall–Kier alpha value is -1.43. The summed E-state index contributed by atoms with van der Waals surface area (Å²) in [6, 6.07) is 5.53. The molecule has 0 spiro atoms. The van der Waals surface area contributed by atoms with Crippen molar-refractivity contribution in [3.8, 4) is 11.5 Å². The zero-order valence-corrected chi connectivity index (χ0v) is 11.8. The first-order chi connectivity index (χ1) is 9.11. The highest BCUT2D eigenvalue weighted by Crippen LogP contribution is 2.32. The molecule has 5 nitrogen and oxygen atoms in total. The van der Waals surface area contributed by atoms with Crippen LogP contribution < -0.4 is 14.8 Å². The summed E-state index contributed by atoms with van der Waals surface area (Å²) in [7, 11) is -2.94. The average Bonchev–Trinajstić information content (AvgIpc) is 2.38. The largest absolute Gasteiger partial charge is 0.486 e. The summed E-state index contributed by atoms with van der Waals surface area (Å²) in [6.45, 7) is 3.38. The third-order valence-corrected chi connectivity index (χ3v) is 4.66. The number of rotatable bonds is 6. The molecule has 0 saturated heterocycles. The third kappa shape index (κ3) is 4.02. The van der Waals surface area contributed by atoms with Gasteiger partial charge >= 0.3 is 0 Å². The van der Waals surface area contributed by atoms with Crippen molar-refractivity contribution in [2.24, 2.45) is 0 Å². The second kappa shape index (κ2) is 6.14. The van der Waals surface area contributed by atoms with E-state index < -0.39 is 9.84 Å². The van der Waals surface area contributed by atoms with Crippen LogP contribution in [0.3, 0.4) is 0 Å². The van der Waals surface area contributed by atoms with E-state index in [1.807, 2.05) is 25.1 Å². The van der Waals surface area contributed by atoms with Crippen LogP contribution in [0.1, 0.15) is 13.3 Å². The number of benzene rings is 1. The SMILES string of the molecule is CCCS(=O)(=O)CCNc1ccc2c(c1)OCCO2. The lowest BCUT2D eigenvalue weighted by Crippen LogP contribution is -2.18. The van der Waals surface area contributed by atoms with Crippen LogP contribution in [0.2, 0.25) is 0 Å². The molecule has 19 heavy (non-hydrogen) atoms. The Kier molecular flexibility index (Phi) is 4.52. The summed E-state index contributed by atoms with van der Waals surface area (Å²) >= 11 is 0. The first-order valence-corrected chi connectivity index (χ1v) is 8.27. The third-order valence-electron chi connectivity index (χ3n) is 2.80. The molecular weight excluding hydrogens is 266 g/mol. The van der Waals surface area contributed by atoms with Crippen LogP contribution in [0, 0.1) is 0 Å². The molecule has 0 saturated carbocycles. The molecule has 2 rings (SSSR count). The summed E-state index contributed by atoms with van der Waals surface area (Å²) in [5.74, 6) is 1.83. The van der Waals surface area contributed by atoms with E-state index in [2.05, 4.69) is 5.32 Å². The van der Waals surface area contributed by atoms with Gasteiger partial charge in [-0.2, -0.15) is 0 Å². The molecule has 6 heteroatoms. The Bertz CT molecular complexity index is 527. The van der Waals surface area contributed by atoms with Gasteiger partial charge in [-0.25, -0.2) is 8.42 Å². The van der Waals surface area contributed by atoms with Crippen molar-refractivity contribution < 1.29 is 17.9 Å². The maximum atomic E-state index is 11.6. The monoisotopic (exact) mass is 285 g/mol. The second-order valence-corrected chi connectivity index (χ2v) is 6.74. The van der Waals surface area contributed by atoms with Gasteiger partial charge in [0.2, 0.25) is 0 Å². The Labute approximate surface area is 113 Å². The van der Waals surface area contributed by atoms with Crippen LogP contribution in [0.25, 0.3) is 0 Å². The van der Waals surface area contributed by atoms with Gasteiger partial charge in [0.05, 0.1) is 5.75 Å². The van der Waals surface area contributed by atoms with Crippen molar-refractivity contribution in [1.29, 1.82) is 0 Å². The van der Waals surface area contributed by atoms with Crippen molar-refractivity contribution >= 4 is 15.5 Å². The van der Waals surface area contributed by atoms with Crippen LogP contribution >= 0.6 is 0 Å². The second-order valence-electron chi connectivity index (χ2n) is 4.44. The van der Waals surface area contributed by atoms with Crippen molar-refractivity contribution in [1.82, 2.24) is 0 Å².